The molecule has 2 nitrogen and oxygen atoms in total. The largest absolute Gasteiger partial charge is 0.298 e. The van der Waals surface area contributed by atoms with E-state index in [1.165, 1.54) is 0 Å². The first-order valence-electron chi connectivity index (χ1n) is 5.57. The molecule has 4 heteroatoms. The molecule has 0 fully saturated rings. The molecule has 0 amide bonds. The molecule has 0 N–H and O–H groups in total. The molecule has 0 atom stereocenters. The first-order chi connectivity index (χ1) is 8.69. The van der Waals surface area contributed by atoms with Gasteiger partial charge < -0.3 is 0 Å². The van der Waals surface area contributed by atoms with E-state index in [1.54, 1.807) is 0 Å². The van der Waals surface area contributed by atoms with E-state index in [1.807, 2.05) is 37.3 Å². The Labute approximate surface area is 119 Å². The molecule has 2 aromatic rings. The number of aryl methyl sites for hydroxylation is 1. The van der Waals surface area contributed by atoms with Crippen molar-refractivity contribution in [2.75, 3.05) is 0 Å². The van der Waals surface area contributed by atoms with E-state index in [0.29, 0.717) is 5.56 Å². The normalized spacial score (nSPS) is 10.4. The lowest BCUT2D eigenvalue weighted by Crippen LogP contribution is -1.99. The van der Waals surface area contributed by atoms with Crippen LogP contribution in [0.1, 0.15) is 23.0 Å². The summed E-state index contributed by atoms with van der Waals surface area (Å²) in [5, 5.41) is 0.254. The highest BCUT2D eigenvalue weighted by atomic mass is 79.9. The zero-order valence-corrected chi connectivity index (χ0v) is 12.1. The van der Waals surface area contributed by atoms with Crippen LogP contribution in [0.25, 0.3) is 11.1 Å². The summed E-state index contributed by atoms with van der Waals surface area (Å²) in [5.74, 6) is 0. The highest BCUT2D eigenvalue weighted by Gasteiger charge is 2.17. The van der Waals surface area contributed by atoms with Crippen molar-refractivity contribution < 1.29 is 4.79 Å². The van der Waals surface area contributed by atoms with Gasteiger partial charge in [-0.2, -0.15) is 0 Å². The summed E-state index contributed by atoms with van der Waals surface area (Å²) < 4.78 is 0.836. The summed E-state index contributed by atoms with van der Waals surface area (Å²) in [6.45, 7) is 2.00. The van der Waals surface area contributed by atoms with Gasteiger partial charge >= 0.3 is 0 Å². The predicted octanol–water partition coefficient (Wildman–Crippen LogP) is 4.54. The lowest BCUT2D eigenvalue weighted by atomic mass is 10.0. The Morgan fingerprint density at radius 2 is 2.00 bits per heavy atom. The van der Waals surface area contributed by atoms with Crippen LogP contribution in [0.5, 0.6) is 0 Å². The zero-order chi connectivity index (χ0) is 13.1. The van der Waals surface area contributed by atoms with Gasteiger partial charge in [0.15, 0.2) is 6.29 Å². The van der Waals surface area contributed by atoms with Crippen molar-refractivity contribution in [1.82, 2.24) is 4.98 Å². The second-order valence-corrected chi connectivity index (χ2v) is 4.94. The van der Waals surface area contributed by atoms with Gasteiger partial charge in [0.25, 0.3) is 0 Å². The molecular weight excluding hydrogens is 314 g/mol. The van der Waals surface area contributed by atoms with Crippen LogP contribution in [-0.2, 0) is 6.42 Å². The molecular formula is C14H11BrClNO. The Balaban J connectivity index is 2.79. The fourth-order valence-electron chi connectivity index (χ4n) is 1.82. The minimum absolute atomic E-state index is 0.254. The summed E-state index contributed by atoms with van der Waals surface area (Å²) in [5.41, 5.74) is 3.03. The van der Waals surface area contributed by atoms with Crippen LogP contribution in [0.4, 0.5) is 0 Å². The molecule has 0 saturated heterocycles. The van der Waals surface area contributed by atoms with Gasteiger partial charge in [0, 0.05) is 10.0 Å². The van der Waals surface area contributed by atoms with Crippen LogP contribution in [0, 0.1) is 0 Å². The number of pyridine rings is 1. The monoisotopic (exact) mass is 323 g/mol. The number of hydrogen-bond donors (Lipinski definition) is 0. The van der Waals surface area contributed by atoms with Crippen molar-refractivity contribution in [1.29, 1.82) is 0 Å². The first kappa shape index (κ1) is 13.2. The van der Waals surface area contributed by atoms with Crippen LogP contribution in [0.15, 0.2) is 34.8 Å². The number of halogens is 2. The summed E-state index contributed by atoms with van der Waals surface area (Å²) in [6, 6.07) is 9.68. The molecule has 0 bridgehead atoms. The van der Waals surface area contributed by atoms with E-state index < -0.39 is 0 Å². The number of rotatable bonds is 3. The third kappa shape index (κ3) is 2.33. The van der Waals surface area contributed by atoms with E-state index >= 15 is 0 Å². The zero-order valence-electron chi connectivity index (χ0n) is 9.78. The Bertz CT molecular complexity index is 584. The molecule has 1 aromatic heterocycles. The highest BCUT2D eigenvalue weighted by molar-refractivity contribution is 9.10. The van der Waals surface area contributed by atoms with Crippen LogP contribution >= 0.6 is 27.5 Å². The van der Waals surface area contributed by atoms with E-state index in [0.717, 1.165) is 34.0 Å². The van der Waals surface area contributed by atoms with Gasteiger partial charge in [0.1, 0.15) is 5.15 Å². The number of nitrogens with zero attached hydrogens (tertiary/aromatic N) is 1. The topological polar surface area (TPSA) is 30.0 Å². The van der Waals surface area contributed by atoms with E-state index in [2.05, 4.69) is 20.9 Å². The maximum atomic E-state index is 11.2. The van der Waals surface area contributed by atoms with Crippen LogP contribution in [-0.4, -0.2) is 11.3 Å². The molecule has 18 heavy (non-hydrogen) atoms. The second-order valence-electron chi connectivity index (χ2n) is 3.79. The predicted molar refractivity (Wildman–Crippen MR) is 77.1 cm³/mol. The number of carbonyl (C=O) groups is 1. The summed E-state index contributed by atoms with van der Waals surface area (Å²) in [7, 11) is 0. The lowest BCUT2D eigenvalue weighted by Gasteiger charge is -2.12. The molecule has 0 unspecified atom stereocenters. The molecule has 0 radical (unpaired) electrons. The lowest BCUT2D eigenvalue weighted by molar-refractivity contribution is 0.112. The summed E-state index contributed by atoms with van der Waals surface area (Å²) in [6.07, 6.45) is 1.50. The van der Waals surface area contributed by atoms with E-state index in [4.69, 9.17) is 11.6 Å². The Kier molecular flexibility index (Phi) is 4.15. The summed E-state index contributed by atoms with van der Waals surface area (Å²) in [4.78, 5) is 15.5. The number of aromatic nitrogens is 1. The van der Waals surface area contributed by atoms with Crippen LogP contribution in [0.2, 0.25) is 5.15 Å². The van der Waals surface area contributed by atoms with Gasteiger partial charge in [-0.15, -0.1) is 0 Å². The van der Waals surface area contributed by atoms with Gasteiger partial charge in [0.2, 0.25) is 0 Å². The van der Waals surface area contributed by atoms with Gasteiger partial charge in [-0.3, -0.25) is 4.79 Å². The van der Waals surface area contributed by atoms with Crippen LogP contribution < -0.4 is 0 Å². The quantitative estimate of drug-likeness (QED) is 0.613. The number of hydrogen-bond acceptors (Lipinski definition) is 2. The molecule has 0 saturated carbocycles. The van der Waals surface area contributed by atoms with Crippen molar-refractivity contribution in [3.8, 4) is 11.1 Å². The third-order valence-corrected chi connectivity index (χ3v) is 3.86. The Morgan fingerprint density at radius 1 is 1.33 bits per heavy atom. The second kappa shape index (κ2) is 5.63. The Morgan fingerprint density at radius 3 is 2.56 bits per heavy atom. The molecule has 2 rings (SSSR count). The van der Waals surface area contributed by atoms with E-state index in [9.17, 15) is 4.79 Å². The average Bonchev–Trinajstić information content (AvgIpc) is 2.41. The van der Waals surface area contributed by atoms with Gasteiger partial charge in [-0.25, -0.2) is 4.98 Å². The Hall–Kier alpha value is -1.19. The molecule has 1 heterocycles. The van der Waals surface area contributed by atoms with Crippen molar-refractivity contribution in [3.63, 3.8) is 0 Å². The standard InChI is InChI=1S/C14H11BrClNO/c1-2-11-13(15)12(9-6-4-3-5-7-9)10(8-18)14(16)17-11/h3-8H,2H2,1H3. The van der Waals surface area contributed by atoms with Gasteiger partial charge in [0.05, 0.1) is 11.3 Å². The van der Waals surface area contributed by atoms with E-state index in [-0.39, 0.29) is 5.15 Å². The molecule has 0 aliphatic heterocycles. The fraction of sp³-hybridized carbons (Fsp3) is 0.143. The van der Waals surface area contributed by atoms with Crippen molar-refractivity contribution >= 4 is 33.8 Å². The van der Waals surface area contributed by atoms with Crippen LogP contribution in [0.3, 0.4) is 0 Å². The third-order valence-electron chi connectivity index (χ3n) is 2.71. The molecule has 0 aliphatic carbocycles. The maximum Gasteiger partial charge on any atom is 0.153 e. The fourth-order valence-corrected chi connectivity index (χ4v) is 2.87. The van der Waals surface area contributed by atoms with Crippen molar-refractivity contribution in [3.05, 3.63) is 51.2 Å². The smallest absolute Gasteiger partial charge is 0.153 e. The van der Waals surface area contributed by atoms with Crippen molar-refractivity contribution in [2.45, 2.75) is 13.3 Å². The number of carbonyl (C=O) groups excluding carboxylic acids is 1. The van der Waals surface area contributed by atoms with Gasteiger partial charge in [-0.05, 0) is 27.9 Å². The average molecular weight is 325 g/mol. The SMILES string of the molecule is CCc1nc(Cl)c(C=O)c(-c2ccccc2)c1Br. The molecule has 0 spiro atoms. The maximum absolute atomic E-state index is 11.2. The minimum Gasteiger partial charge on any atom is -0.298 e. The number of benzene rings is 1. The highest BCUT2D eigenvalue weighted by Crippen LogP contribution is 2.36. The first-order valence-corrected chi connectivity index (χ1v) is 6.74. The molecule has 1 aromatic carbocycles. The van der Waals surface area contributed by atoms with Gasteiger partial charge in [-0.1, -0.05) is 48.9 Å². The summed E-state index contributed by atoms with van der Waals surface area (Å²) >= 11 is 9.60. The molecule has 0 aliphatic rings. The molecule has 92 valence electrons. The minimum atomic E-state index is 0.254. The van der Waals surface area contributed by atoms with Crippen molar-refractivity contribution in [2.24, 2.45) is 0 Å². The number of aldehydes is 1.